The number of pyridine rings is 1. The van der Waals surface area contributed by atoms with E-state index in [4.69, 9.17) is 11.7 Å². The van der Waals surface area contributed by atoms with Crippen LogP contribution >= 0.6 is 0 Å². The summed E-state index contributed by atoms with van der Waals surface area (Å²) in [5.41, 5.74) is 2.10. The van der Waals surface area contributed by atoms with Crippen LogP contribution in [0, 0.1) is 23.7 Å². The van der Waals surface area contributed by atoms with Gasteiger partial charge >= 0.3 is 0 Å². The molecule has 0 saturated carbocycles. The maximum Gasteiger partial charge on any atom is 0.100 e. The molecule has 0 aromatic carbocycles. The summed E-state index contributed by atoms with van der Waals surface area (Å²) < 4.78 is 0. The van der Waals surface area contributed by atoms with Crippen molar-refractivity contribution in [3.05, 3.63) is 59.5 Å². The molecule has 0 unspecified atom stereocenters. The second-order valence-electron chi connectivity index (χ2n) is 3.17. The number of nitriles is 1. The summed E-state index contributed by atoms with van der Waals surface area (Å²) in [5.74, 6) is 2.36. The number of hydrogen-bond acceptors (Lipinski definition) is 2. The Kier molecular flexibility index (Phi) is 5.01. The van der Waals surface area contributed by atoms with E-state index >= 15 is 0 Å². The van der Waals surface area contributed by atoms with Crippen LogP contribution in [0.2, 0.25) is 0 Å². The molecule has 1 rings (SSSR count). The zero-order valence-corrected chi connectivity index (χ0v) is 9.59. The largest absolute Gasteiger partial charge is 0.257 e. The van der Waals surface area contributed by atoms with E-state index < -0.39 is 0 Å². The summed E-state index contributed by atoms with van der Waals surface area (Å²) in [7, 11) is 0. The van der Waals surface area contributed by atoms with Crippen molar-refractivity contribution in [3.63, 3.8) is 0 Å². The number of hydrogen-bond donors (Lipinski definition) is 0. The Labute approximate surface area is 102 Å². The maximum atomic E-state index is 8.95. The smallest absolute Gasteiger partial charge is 0.100 e. The van der Waals surface area contributed by atoms with E-state index in [0.717, 1.165) is 11.3 Å². The molecule has 82 valence electrons. The highest BCUT2D eigenvalue weighted by Gasteiger charge is 1.98. The number of rotatable bonds is 3. The van der Waals surface area contributed by atoms with E-state index in [-0.39, 0.29) is 0 Å². The van der Waals surface area contributed by atoms with Gasteiger partial charge in [-0.15, -0.1) is 6.42 Å². The van der Waals surface area contributed by atoms with Gasteiger partial charge in [-0.3, -0.25) is 4.98 Å². The molecule has 2 nitrogen and oxygen atoms in total. The summed E-state index contributed by atoms with van der Waals surface area (Å²) in [6.45, 7) is 1.86. The van der Waals surface area contributed by atoms with Gasteiger partial charge in [-0.25, -0.2) is 0 Å². The van der Waals surface area contributed by atoms with Crippen LogP contribution in [0.25, 0.3) is 6.08 Å². The Balaban J connectivity index is 2.94. The van der Waals surface area contributed by atoms with Crippen molar-refractivity contribution in [2.24, 2.45) is 0 Å². The predicted molar refractivity (Wildman–Crippen MR) is 69.6 cm³/mol. The lowest BCUT2D eigenvalue weighted by Crippen LogP contribution is -1.84. The predicted octanol–water partition coefficient (Wildman–Crippen LogP) is 3.12. The molecule has 17 heavy (non-hydrogen) atoms. The highest BCUT2D eigenvalue weighted by Crippen LogP contribution is 2.12. The van der Waals surface area contributed by atoms with Crippen molar-refractivity contribution in [1.82, 2.24) is 4.98 Å². The summed E-state index contributed by atoms with van der Waals surface area (Å²) in [5, 5.41) is 8.95. The van der Waals surface area contributed by atoms with Crippen LogP contribution in [0.1, 0.15) is 12.6 Å². The highest BCUT2D eigenvalue weighted by molar-refractivity contribution is 5.58. The van der Waals surface area contributed by atoms with Crippen molar-refractivity contribution in [1.29, 1.82) is 5.26 Å². The molecule has 2 heteroatoms. The van der Waals surface area contributed by atoms with Crippen LogP contribution in [0.4, 0.5) is 0 Å². The van der Waals surface area contributed by atoms with Gasteiger partial charge in [-0.2, -0.15) is 5.26 Å². The van der Waals surface area contributed by atoms with Gasteiger partial charge in [-0.1, -0.05) is 24.1 Å². The van der Waals surface area contributed by atoms with Crippen molar-refractivity contribution < 1.29 is 0 Å². The SMILES string of the molecule is C#C\C=C(C#N)/C(=C\C)/C=C/c1ccccn1. The first kappa shape index (κ1) is 12.5. The van der Waals surface area contributed by atoms with Gasteiger partial charge in [0.25, 0.3) is 0 Å². The highest BCUT2D eigenvalue weighted by atomic mass is 14.6. The van der Waals surface area contributed by atoms with Gasteiger partial charge in [0, 0.05) is 12.3 Å². The lowest BCUT2D eigenvalue weighted by molar-refractivity contribution is 1.29. The molecule has 0 bridgehead atoms. The zero-order chi connectivity index (χ0) is 12.5. The van der Waals surface area contributed by atoms with Crippen molar-refractivity contribution in [2.45, 2.75) is 6.92 Å². The number of terminal acetylenes is 1. The minimum Gasteiger partial charge on any atom is -0.257 e. The summed E-state index contributed by atoms with van der Waals surface area (Å²) >= 11 is 0. The minimum absolute atomic E-state index is 0.474. The van der Waals surface area contributed by atoms with Crippen molar-refractivity contribution in [2.75, 3.05) is 0 Å². The van der Waals surface area contributed by atoms with Crippen LogP contribution in [0.5, 0.6) is 0 Å². The van der Waals surface area contributed by atoms with E-state index in [2.05, 4.69) is 17.0 Å². The number of nitrogens with zero attached hydrogens (tertiary/aromatic N) is 2. The summed E-state index contributed by atoms with van der Waals surface area (Å²) in [4.78, 5) is 4.16. The average molecular weight is 220 g/mol. The Bertz CT molecular complexity index is 535. The summed E-state index contributed by atoms with van der Waals surface area (Å²) in [6, 6.07) is 7.72. The first-order valence-electron chi connectivity index (χ1n) is 5.14. The van der Waals surface area contributed by atoms with Crippen LogP contribution in [-0.4, -0.2) is 4.98 Å². The molecule has 0 aliphatic carbocycles. The van der Waals surface area contributed by atoms with Gasteiger partial charge in [0.05, 0.1) is 11.3 Å². The fourth-order valence-corrected chi connectivity index (χ4v) is 1.25. The molecule has 0 amide bonds. The fraction of sp³-hybridized carbons (Fsp3) is 0.0667. The average Bonchev–Trinajstić information content (AvgIpc) is 2.39. The maximum absolute atomic E-state index is 8.95. The molecule has 0 N–H and O–H groups in total. The van der Waals surface area contributed by atoms with Crippen LogP contribution < -0.4 is 0 Å². The Morgan fingerprint density at radius 2 is 2.29 bits per heavy atom. The van der Waals surface area contributed by atoms with E-state index in [1.54, 1.807) is 6.20 Å². The van der Waals surface area contributed by atoms with Gasteiger partial charge in [0.15, 0.2) is 0 Å². The Morgan fingerprint density at radius 3 is 2.82 bits per heavy atom. The van der Waals surface area contributed by atoms with Crippen molar-refractivity contribution >= 4 is 6.08 Å². The van der Waals surface area contributed by atoms with Crippen LogP contribution in [0.15, 0.2) is 53.8 Å². The lowest BCUT2D eigenvalue weighted by atomic mass is 10.1. The topological polar surface area (TPSA) is 36.7 Å². The molecule has 0 radical (unpaired) electrons. The van der Waals surface area contributed by atoms with E-state index in [1.165, 1.54) is 6.08 Å². The molecule has 0 saturated heterocycles. The minimum atomic E-state index is 0.474. The third kappa shape index (κ3) is 3.81. The van der Waals surface area contributed by atoms with Crippen LogP contribution in [-0.2, 0) is 0 Å². The first-order valence-corrected chi connectivity index (χ1v) is 5.14. The molecule has 1 heterocycles. The van der Waals surface area contributed by atoms with Gasteiger partial charge in [0.2, 0.25) is 0 Å². The quantitative estimate of drug-likeness (QED) is 0.446. The molecule has 0 spiro atoms. The second-order valence-corrected chi connectivity index (χ2v) is 3.17. The molecule has 0 fully saturated rings. The van der Waals surface area contributed by atoms with Crippen molar-refractivity contribution in [3.8, 4) is 18.4 Å². The molecular weight excluding hydrogens is 208 g/mol. The molecule has 0 atom stereocenters. The molecule has 0 aliphatic heterocycles. The van der Waals surface area contributed by atoms with Crippen LogP contribution in [0.3, 0.4) is 0 Å². The molecular formula is C15H12N2. The first-order chi connectivity index (χ1) is 8.31. The fourth-order valence-electron chi connectivity index (χ4n) is 1.25. The van der Waals surface area contributed by atoms with Gasteiger partial charge in [0.1, 0.15) is 6.07 Å². The third-order valence-corrected chi connectivity index (χ3v) is 2.09. The number of aromatic nitrogens is 1. The number of allylic oxidation sites excluding steroid dienone is 5. The van der Waals surface area contributed by atoms with E-state index in [0.29, 0.717) is 5.57 Å². The standard InChI is InChI=1S/C15H12N2/c1-3-7-14(12-16)13(4-2)9-10-15-8-5-6-11-17-15/h1,4-11H,2H3/b10-9+,13-4-,14-7-. The van der Waals surface area contributed by atoms with Gasteiger partial charge in [-0.05, 0) is 30.7 Å². The molecule has 1 aromatic heterocycles. The second kappa shape index (κ2) is 6.82. The lowest BCUT2D eigenvalue weighted by Gasteiger charge is -1.97. The summed E-state index contributed by atoms with van der Waals surface area (Å²) in [6.07, 6.45) is 13.9. The Hall–Kier alpha value is -2.58. The Morgan fingerprint density at radius 1 is 1.47 bits per heavy atom. The third-order valence-electron chi connectivity index (χ3n) is 2.09. The van der Waals surface area contributed by atoms with E-state index in [1.807, 2.05) is 43.4 Å². The zero-order valence-electron chi connectivity index (χ0n) is 9.59. The monoisotopic (exact) mass is 220 g/mol. The normalized spacial score (nSPS) is 12.2. The van der Waals surface area contributed by atoms with Gasteiger partial charge < -0.3 is 0 Å². The molecule has 1 aromatic rings. The molecule has 0 aliphatic rings. The van der Waals surface area contributed by atoms with E-state index in [9.17, 15) is 0 Å².